The van der Waals surface area contributed by atoms with Crippen molar-refractivity contribution < 1.29 is 27.1 Å². The summed E-state index contributed by atoms with van der Waals surface area (Å²) in [4.78, 5) is 20.2. The van der Waals surface area contributed by atoms with E-state index in [-0.39, 0.29) is 12.7 Å². The number of ether oxygens (including phenoxy) is 1. The summed E-state index contributed by atoms with van der Waals surface area (Å²) in [7, 11) is 0. The Morgan fingerprint density at radius 1 is 1.08 bits per heavy atom. The minimum Gasteiger partial charge on any atom is -0.455 e. The zero-order valence-electron chi connectivity index (χ0n) is 13.1. The lowest BCUT2D eigenvalue weighted by atomic mass is 10.2. The molecule has 5 nitrogen and oxygen atoms in total. The molecule has 130 valence electrons. The van der Waals surface area contributed by atoms with Gasteiger partial charge in [-0.3, -0.25) is 4.40 Å². The molecule has 2 heterocycles. The molecule has 3 rings (SSSR count). The van der Waals surface area contributed by atoms with Crippen molar-refractivity contribution in [1.29, 1.82) is 0 Å². The van der Waals surface area contributed by atoms with Gasteiger partial charge in [0.15, 0.2) is 23.3 Å². The standard InChI is InChI=1S/C16H11F4N3O2/c1-7-3-8(2)23-5-9(22-16(23)21-7)6-25-15(24)10-4-11(17)13(19)14(20)12(10)18/h3-5H,6H2,1-2H3. The number of carbonyl (C=O) groups is 1. The van der Waals surface area contributed by atoms with Crippen molar-refractivity contribution >= 4 is 11.7 Å². The van der Waals surface area contributed by atoms with Crippen LogP contribution in [0.1, 0.15) is 27.4 Å². The van der Waals surface area contributed by atoms with Gasteiger partial charge in [0, 0.05) is 17.6 Å². The molecule has 0 aliphatic heterocycles. The molecule has 0 unspecified atom stereocenters. The number of carbonyl (C=O) groups excluding carboxylic acids is 1. The van der Waals surface area contributed by atoms with Gasteiger partial charge in [-0.15, -0.1) is 0 Å². The molecule has 0 radical (unpaired) electrons. The summed E-state index contributed by atoms with van der Waals surface area (Å²) in [5, 5.41) is 0. The van der Waals surface area contributed by atoms with Crippen molar-refractivity contribution in [2.24, 2.45) is 0 Å². The first-order valence-corrected chi connectivity index (χ1v) is 7.10. The number of halogens is 4. The van der Waals surface area contributed by atoms with Gasteiger partial charge in [0.1, 0.15) is 12.2 Å². The van der Waals surface area contributed by atoms with E-state index in [1.165, 1.54) is 0 Å². The fourth-order valence-corrected chi connectivity index (χ4v) is 2.33. The van der Waals surface area contributed by atoms with Crippen LogP contribution in [-0.4, -0.2) is 20.3 Å². The molecule has 0 aliphatic carbocycles. The van der Waals surface area contributed by atoms with E-state index in [0.29, 0.717) is 11.5 Å². The Hall–Kier alpha value is -2.97. The molecule has 1 aromatic carbocycles. The molecule has 0 saturated carbocycles. The van der Waals surface area contributed by atoms with Gasteiger partial charge in [-0.05, 0) is 26.0 Å². The van der Waals surface area contributed by atoms with Crippen molar-refractivity contribution in [2.45, 2.75) is 20.5 Å². The minimum atomic E-state index is -2.07. The molecular formula is C16H11F4N3O2. The highest BCUT2D eigenvalue weighted by Gasteiger charge is 2.24. The number of rotatable bonds is 3. The number of imidazole rings is 1. The Morgan fingerprint density at radius 3 is 2.52 bits per heavy atom. The van der Waals surface area contributed by atoms with Crippen molar-refractivity contribution in [3.8, 4) is 0 Å². The maximum atomic E-state index is 13.6. The second-order valence-corrected chi connectivity index (χ2v) is 5.37. The molecule has 0 spiro atoms. The molecule has 2 aromatic heterocycles. The van der Waals surface area contributed by atoms with E-state index in [9.17, 15) is 22.4 Å². The number of hydrogen-bond donors (Lipinski definition) is 0. The molecule has 0 saturated heterocycles. The molecule has 0 atom stereocenters. The quantitative estimate of drug-likeness (QED) is 0.314. The van der Waals surface area contributed by atoms with E-state index >= 15 is 0 Å². The number of hydrogen-bond acceptors (Lipinski definition) is 4. The lowest BCUT2D eigenvalue weighted by molar-refractivity contribution is 0.0460. The third-order valence-corrected chi connectivity index (χ3v) is 3.48. The predicted octanol–water partition coefficient (Wildman–Crippen LogP) is 3.26. The number of aryl methyl sites for hydroxylation is 2. The summed E-state index contributed by atoms with van der Waals surface area (Å²) >= 11 is 0. The van der Waals surface area contributed by atoms with Gasteiger partial charge in [0.05, 0.1) is 5.69 Å². The molecular weight excluding hydrogens is 342 g/mol. The van der Waals surface area contributed by atoms with Gasteiger partial charge in [-0.2, -0.15) is 0 Å². The lowest BCUT2D eigenvalue weighted by Gasteiger charge is -2.05. The van der Waals surface area contributed by atoms with Gasteiger partial charge in [-0.25, -0.2) is 32.3 Å². The molecule has 0 N–H and O–H groups in total. The summed E-state index contributed by atoms with van der Waals surface area (Å²) in [5.41, 5.74) is 0.864. The number of aromatic nitrogens is 3. The molecule has 25 heavy (non-hydrogen) atoms. The van der Waals surface area contributed by atoms with E-state index < -0.39 is 34.8 Å². The molecule has 0 aliphatic rings. The molecule has 3 aromatic rings. The first-order chi connectivity index (χ1) is 11.8. The smallest absolute Gasteiger partial charge is 0.341 e. The maximum absolute atomic E-state index is 13.6. The van der Waals surface area contributed by atoms with Crippen LogP contribution in [0, 0.1) is 37.1 Å². The minimum absolute atomic E-state index is 0.245. The molecule has 9 heteroatoms. The Kier molecular flexibility index (Phi) is 4.15. The van der Waals surface area contributed by atoms with Gasteiger partial charge in [0.25, 0.3) is 0 Å². The van der Waals surface area contributed by atoms with Crippen LogP contribution >= 0.6 is 0 Å². The number of fused-ring (bicyclic) bond motifs is 1. The summed E-state index contributed by atoms with van der Waals surface area (Å²) in [5.74, 6) is -8.52. The fraction of sp³-hybridized carbons (Fsp3) is 0.188. The Bertz CT molecular complexity index is 1000. The molecule has 0 bridgehead atoms. The predicted molar refractivity (Wildman–Crippen MR) is 77.9 cm³/mol. The van der Waals surface area contributed by atoms with Crippen LogP contribution in [0.4, 0.5) is 17.6 Å². The summed E-state index contributed by atoms with van der Waals surface area (Å²) in [6.07, 6.45) is 1.56. The average Bonchev–Trinajstić information content (AvgIpc) is 2.97. The molecule has 0 fully saturated rings. The van der Waals surface area contributed by atoms with Crippen molar-refractivity contribution in [3.05, 3.63) is 64.2 Å². The van der Waals surface area contributed by atoms with Crippen LogP contribution < -0.4 is 0 Å². The van der Waals surface area contributed by atoms with Gasteiger partial charge >= 0.3 is 5.97 Å². The van der Waals surface area contributed by atoms with Gasteiger partial charge in [0.2, 0.25) is 5.78 Å². The third-order valence-electron chi connectivity index (χ3n) is 3.48. The number of nitrogens with zero attached hydrogens (tertiary/aromatic N) is 3. The van der Waals surface area contributed by atoms with Crippen LogP contribution in [0.25, 0.3) is 5.78 Å². The monoisotopic (exact) mass is 353 g/mol. The molecule has 0 amide bonds. The highest BCUT2D eigenvalue weighted by atomic mass is 19.2. The van der Waals surface area contributed by atoms with E-state index in [4.69, 9.17) is 4.74 Å². The van der Waals surface area contributed by atoms with Crippen molar-refractivity contribution in [1.82, 2.24) is 14.4 Å². The van der Waals surface area contributed by atoms with Crippen LogP contribution in [-0.2, 0) is 11.3 Å². The van der Waals surface area contributed by atoms with E-state index in [1.54, 1.807) is 17.5 Å². The second-order valence-electron chi connectivity index (χ2n) is 5.37. The zero-order chi connectivity index (χ0) is 18.3. The van der Waals surface area contributed by atoms with Crippen LogP contribution in [0.3, 0.4) is 0 Å². The largest absolute Gasteiger partial charge is 0.455 e. The first kappa shape index (κ1) is 16.9. The van der Waals surface area contributed by atoms with Crippen LogP contribution in [0.5, 0.6) is 0 Å². The van der Waals surface area contributed by atoms with E-state index in [0.717, 1.165) is 11.4 Å². The van der Waals surface area contributed by atoms with Crippen LogP contribution in [0.15, 0.2) is 18.3 Å². The summed E-state index contributed by atoms with van der Waals surface area (Å²) in [6.45, 7) is 3.25. The number of benzene rings is 1. The van der Waals surface area contributed by atoms with E-state index in [1.807, 2.05) is 13.0 Å². The SMILES string of the molecule is Cc1cc(C)n2cc(COC(=O)c3cc(F)c(F)c(F)c3F)nc2n1. The highest BCUT2D eigenvalue weighted by Crippen LogP contribution is 2.20. The van der Waals surface area contributed by atoms with Crippen molar-refractivity contribution in [3.63, 3.8) is 0 Å². The average molecular weight is 353 g/mol. The first-order valence-electron chi connectivity index (χ1n) is 7.10. The summed E-state index contributed by atoms with van der Waals surface area (Å²) < 4.78 is 59.3. The Morgan fingerprint density at radius 2 is 1.80 bits per heavy atom. The zero-order valence-corrected chi connectivity index (χ0v) is 13.1. The fourth-order valence-electron chi connectivity index (χ4n) is 2.33. The van der Waals surface area contributed by atoms with Gasteiger partial charge < -0.3 is 4.74 Å². The Balaban J connectivity index is 1.82. The lowest BCUT2D eigenvalue weighted by Crippen LogP contribution is -2.11. The summed E-state index contributed by atoms with van der Waals surface area (Å²) in [6, 6.07) is 2.07. The van der Waals surface area contributed by atoms with E-state index in [2.05, 4.69) is 9.97 Å². The van der Waals surface area contributed by atoms with Crippen LogP contribution in [0.2, 0.25) is 0 Å². The second kappa shape index (κ2) is 6.15. The number of esters is 1. The maximum Gasteiger partial charge on any atom is 0.341 e. The normalized spacial score (nSPS) is 11.1. The topological polar surface area (TPSA) is 56.5 Å². The van der Waals surface area contributed by atoms with Gasteiger partial charge in [-0.1, -0.05) is 0 Å². The third kappa shape index (κ3) is 3.04. The Labute approximate surface area is 138 Å². The van der Waals surface area contributed by atoms with Crippen molar-refractivity contribution in [2.75, 3.05) is 0 Å². The highest BCUT2D eigenvalue weighted by molar-refractivity contribution is 5.89.